The van der Waals surface area contributed by atoms with E-state index in [1.54, 1.807) is 0 Å². The lowest BCUT2D eigenvalue weighted by Gasteiger charge is -2.15. The highest BCUT2D eigenvalue weighted by molar-refractivity contribution is 9.10. The monoisotopic (exact) mass is 300 g/mol. The van der Waals surface area contributed by atoms with Gasteiger partial charge in [-0.1, -0.05) is 6.07 Å². The summed E-state index contributed by atoms with van der Waals surface area (Å²) in [7, 11) is 6.03. The van der Waals surface area contributed by atoms with Gasteiger partial charge in [0.1, 0.15) is 12.4 Å². The van der Waals surface area contributed by atoms with Crippen molar-refractivity contribution in [2.24, 2.45) is 0 Å². The summed E-state index contributed by atoms with van der Waals surface area (Å²) < 4.78 is 6.72. The average molecular weight is 301 g/mol. The molecule has 0 aliphatic heterocycles. The Morgan fingerprint density at radius 3 is 2.65 bits per heavy atom. The van der Waals surface area contributed by atoms with Crippen molar-refractivity contribution in [3.63, 3.8) is 0 Å². The lowest BCUT2D eigenvalue weighted by molar-refractivity contribution is 0.260. The largest absolute Gasteiger partial charge is 0.491 e. The Morgan fingerprint density at radius 1 is 1.41 bits per heavy atom. The normalized spacial score (nSPS) is 12.8. The van der Waals surface area contributed by atoms with Crippen molar-refractivity contribution in [2.45, 2.75) is 13.0 Å². The average Bonchev–Trinajstić information content (AvgIpc) is 2.29. The van der Waals surface area contributed by atoms with Crippen LogP contribution in [0.1, 0.15) is 18.5 Å². The summed E-state index contributed by atoms with van der Waals surface area (Å²) in [5.74, 6) is 0.902. The molecular weight excluding hydrogens is 280 g/mol. The van der Waals surface area contributed by atoms with Gasteiger partial charge in [0.25, 0.3) is 0 Å². The van der Waals surface area contributed by atoms with E-state index >= 15 is 0 Å². The molecule has 0 aromatic heterocycles. The minimum absolute atomic E-state index is 0.349. The highest BCUT2D eigenvalue weighted by Crippen LogP contribution is 2.28. The van der Waals surface area contributed by atoms with Crippen LogP contribution in [0.5, 0.6) is 5.75 Å². The molecule has 17 heavy (non-hydrogen) atoms. The van der Waals surface area contributed by atoms with Gasteiger partial charge in [0.15, 0.2) is 0 Å². The van der Waals surface area contributed by atoms with Crippen LogP contribution >= 0.6 is 15.9 Å². The van der Waals surface area contributed by atoms with Gasteiger partial charge in [-0.2, -0.15) is 0 Å². The predicted octanol–water partition coefficient (Wildman–Crippen LogP) is 2.67. The van der Waals surface area contributed by atoms with Crippen molar-refractivity contribution in [3.8, 4) is 5.75 Å². The zero-order valence-corrected chi connectivity index (χ0v) is 12.5. The van der Waals surface area contributed by atoms with Gasteiger partial charge in [-0.05, 0) is 61.7 Å². The van der Waals surface area contributed by atoms with Crippen molar-refractivity contribution in [1.82, 2.24) is 10.2 Å². The summed E-state index contributed by atoms with van der Waals surface area (Å²) in [5, 5.41) is 3.22. The molecule has 96 valence electrons. The first-order valence-corrected chi connectivity index (χ1v) is 6.58. The lowest BCUT2D eigenvalue weighted by atomic mass is 10.1. The van der Waals surface area contributed by atoms with Crippen molar-refractivity contribution in [3.05, 3.63) is 28.2 Å². The Balaban J connectivity index is 2.63. The molecule has 1 aromatic rings. The Labute approximate surface area is 112 Å². The number of nitrogens with one attached hydrogen (secondary N) is 1. The summed E-state index contributed by atoms with van der Waals surface area (Å²) in [6.07, 6.45) is 0. The van der Waals surface area contributed by atoms with Gasteiger partial charge in [-0.3, -0.25) is 0 Å². The first-order chi connectivity index (χ1) is 8.04. The quantitative estimate of drug-likeness (QED) is 0.874. The zero-order chi connectivity index (χ0) is 12.8. The first-order valence-electron chi connectivity index (χ1n) is 5.79. The van der Waals surface area contributed by atoms with Crippen LogP contribution in [0.15, 0.2) is 22.7 Å². The lowest BCUT2D eigenvalue weighted by Crippen LogP contribution is -2.19. The Morgan fingerprint density at radius 2 is 2.12 bits per heavy atom. The highest BCUT2D eigenvalue weighted by atomic mass is 79.9. The minimum Gasteiger partial charge on any atom is -0.491 e. The van der Waals surface area contributed by atoms with Gasteiger partial charge in [0.2, 0.25) is 0 Å². The van der Waals surface area contributed by atoms with E-state index in [2.05, 4.69) is 45.2 Å². The number of hydrogen-bond acceptors (Lipinski definition) is 3. The molecule has 0 saturated heterocycles. The fourth-order valence-electron chi connectivity index (χ4n) is 1.41. The number of halogens is 1. The topological polar surface area (TPSA) is 24.5 Å². The standard InChI is InChI=1S/C13H21BrN2O/c1-10(15-2)11-5-6-13(12(14)9-11)17-8-7-16(3)4/h5-6,9-10,15H,7-8H2,1-4H3. The second-order valence-electron chi connectivity index (χ2n) is 4.35. The molecule has 3 nitrogen and oxygen atoms in total. The number of benzene rings is 1. The van der Waals surface area contributed by atoms with Gasteiger partial charge in [-0.25, -0.2) is 0 Å². The summed E-state index contributed by atoms with van der Waals surface area (Å²) in [5.41, 5.74) is 1.25. The van der Waals surface area contributed by atoms with Crippen molar-refractivity contribution in [1.29, 1.82) is 0 Å². The number of ether oxygens (including phenoxy) is 1. The molecule has 1 unspecified atom stereocenters. The second-order valence-corrected chi connectivity index (χ2v) is 5.21. The molecule has 1 aromatic carbocycles. The third-order valence-corrected chi connectivity index (χ3v) is 3.30. The summed E-state index contributed by atoms with van der Waals surface area (Å²) in [6, 6.07) is 6.56. The van der Waals surface area contributed by atoms with Crippen LogP contribution in [0.25, 0.3) is 0 Å². The number of likely N-dealkylation sites (N-methyl/N-ethyl adjacent to an activating group) is 1. The van der Waals surface area contributed by atoms with E-state index in [4.69, 9.17) is 4.74 Å². The van der Waals surface area contributed by atoms with Crippen LogP contribution in [-0.4, -0.2) is 39.2 Å². The molecule has 1 N–H and O–H groups in total. The van der Waals surface area contributed by atoms with Crippen LogP contribution in [0.3, 0.4) is 0 Å². The molecule has 1 atom stereocenters. The van der Waals surface area contributed by atoms with Crippen molar-refractivity contribution >= 4 is 15.9 Å². The van der Waals surface area contributed by atoms with Crippen LogP contribution in [0.4, 0.5) is 0 Å². The third-order valence-electron chi connectivity index (χ3n) is 2.69. The Bertz CT molecular complexity index is 355. The Hall–Kier alpha value is -0.580. The molecule has 0 aliphatic rings. The van der Waals surface area contributed by atoms with Gasteiger partial charge in [0.05, 0.1) is 4.47 Å². The van der Waals surface area contributed by atoms with Crippen LogP contribution < -0.4 is 10.1 Å². The first kappa shape index (κ1) is 14.5. The fourth-order valence-corrected chi connectivity index (χ4v) is 1.92. The van der Waals surface area contributed by atoms with Crippen LogP contribution in [-0.2, 0) is 0 Å². The van der Waals surface area contributed by atoms with Gasteiger partial charge in [0, 0.05) is 12.6 Å². The summed E-state index contributed by atoms with van der Waals surface area (Å²) in [6.45, 7) is 3.75. The van der Waals surface area contributed by atoms with Crippen LogP contribution in [0, 0.1) is 0 Å². The van der Waals surface area contributed by atoms with E-state index < -0.39 is 0 Å². The molecule has 0 amide bonds. The molecule has 0 radical (unpaired) electrons. The summed E-state index contributed by atoms with van der Waals surface area (Å²) in [4.78, 5) is 2.10. The van der Waals surface area contributed by atoms with E-state index in [9.17, 15) is 0 Å². The third kappa shape index (κ3) is 4.66. The second kappa shape index (κ2) is 6.99. The van der Waals surface area contributed by atoms with E-state index in [1.807, 2.05) is 27.2 Å². The summed E-state index contributed by atoms with van der Waals surface area (Å²) >= 11 is 3.55. The maximum Gasteiger partial charge on any atom is 0.133 e. The van der Waals surface area contributed by atoms with E-state index in [0.717, 1.165) is 16.8 Å². The molecule has 0 bridgehead atoms. The maximum atomic E-state index is 5.71. The molecule has 0 saturated carbocycles. The zero-order valence-electron chi connectivity index (χ0n) is 11.0. The van der Waals surface area contributed by atoms with Crippen molar-refractivity contribution in [2.75, 3.05) is 34.3 Å². The van der Waals surface area contributed by atoms with Gasteiger partial charge < -0.3 is 15.0 Å². The van der Waals surface area contributed by atoms with E-state index in [1.165, 1.54) is 5.56 Å². The minimum atomic E-state index is 0.349. The van der Waals surface area contributed by atoms with Crippen molar-refractivity contribution < 1.29 is 4.74 Å². The molecular formula is C13H21BrN2O. The molecule has 0 aliphatic carbocycles. The highest BCUT2D eigenvalue weighted by Gasteiger charge is 2.07. The molecule has 0 heterocycles. The fraction of sp³-hybridized carbons (Fsp3) is 0.538. The molecule has 0 fully saturated rings. The molecule has 0 spiro atoms. The van der Waals surface area contributed by atoms with Gasteiger partial charge >= 0.3 is 0 Å². The maximum absolute atomic E-state index is 5.71. The number of hydrogen-bond donors (Lipinski definition) is 1. The number of nitrogens with zero attached hydrogens (tertiary/aromatic N) is 1. The number of rotatable bonds is 6. The van der Waals surface area contributed by atoms with Crippen LogP contribution in [0.2, 0.25) is 0 Å². The SMILES string of the molecule is CNC(C)c1ccc(OCCN(C)C)c(Br)c1. The van der Waals surface area contributed by atoms with E-state index in [-0.39, 0.29) is 0 Å². The predicted molar refractivity (Wildman–Crippen MR) is 75.7 cm³/mol. The Kier molecular flexibility index (Phi) is 5.95. The van der Waals surface area contributed by atoms with Gasteiger partial charge in [-0.15, -0.1) is 0 Å². The molecule has 4 heteroatoms. The smallest absolute Gasteiger partial charge is 0.133 e. The van der Waals surface area contributed by atoms with E-state index in [0.29, 0.717) is 12.6 Å². The molecule has 1 rings (SSSR count).